The molecule has 0 aliphatic carbocycles. The maximum absolute atomic E-state index is 12.2. The van der Waals surface area contributed by atoms with Crippen LogP contribution < -0.4 is 15.5 Å². The van der Waals surface area contributed by atoms with Gasteiger partial charge in [-0.25, -0.2) is 0 Å². The molecular formula is C27H39N3O4. The molecule has 1 aromatic rings. The van der Waals surface area contributed by atoms with Crippen molar-refractivity contribution < 1.29 is 19.4 Å². The minimum absolute atomic E-state index is 0.0620. The second-order valence-corrected chi connectivity index (χ2v) is 9.18. The standard InChI is InChI=1S/C27H39N3O4/c1-5-21(14-18(4)25(31)7-3)26-29-23-15-20(16-28-22(6-2)27(32)33)8-9-24(23)30(26)17-19-10-12-34-13-11-19/h5,8-9,14-15,19,22,26,28-29H,6-7,10-13,16-17H2,1-4H3,(H,32,33)/b18-14-,21-5+. The zero-order chi connectivity index (χ0) is 24.7. The van der Waals surface area contributed by atoms with Crippen molar-refractivity contribution in [3.05, 3.63) is 47.1 Å². The van der Waals surface area contributed by atoms with Gasteiger partial charge in [-0.3, -0.25) is 9.59 Å². The van der Waals surface area contributed by atoms with Crippen LogP contribution in [0.15, 0.2) is 41.5 Å². The Kier molecular flexibility index (Phi) is 9.30. The first-order valence-electron chi connectivity index (χ1n) is 12.5. The third-order valence-electron chi connectivity index (χ3n) is 6.82. The van der Waals surface area contributed by atoms with Crippen molar-refractivity contribution >= 4 is 23.1 Å². The molecule has 2 aliphatic rings. The number of allylic oxidation sites excluding steroid dienone is 2. The number of Topliss-reactive ketones (excluding diaryl/α,β-unsaturated/α-hetero) is 1. The maximum Gasteiger partial charge on any atom is 0.320 e. The van der Waals surface area contributed by atoms with E-state index in [1.54, 1.807) is 0 Å². The Balaban J connectivity index is 1.86. The van der Waals surface area contributed by atoms with Crippen molar-refractivity contribution in [2.75, 3.05) is 30.0 Å². The number of hydrogen-bond donors (Lipinski definition) is 3. The molecule has 1 fully saturated rings. The highest BCUT2D eigenvalue weighted by molar-refractivity contribution is 5.95. The summed E-state index contributed by atoms with van der Waals surface area (Å²) in [5, 5.41) is 16.1. The van der Waals surface area contributed by atoms with E-state index in [9.17, 15) is 14.7 Å². The Bertz CT molecular complexity index is 934. The van der Waals surface area contributed by atoms with Gasteiger partial charge in [0, 0.05) is 32.7 Å². The van der Waals surface area contributed by atoms with Crippen LogP contribution in [-0.2, 0) is 20.9 Å². The van der Waals surface area contributed by atoms with E-state index < -0.39 is 12.0 Å². The molecule has 0 amide bonds. The summed E-state index contributed by atoms with van der Waals surface area (Å²) in [5.41, 5.74) is 5.04. The number of anilines is 2. The van der Waals surface area contributed by atoms with Gasteiger partial charge in [0.15, 0.2) is 5.78 Å². The number of nitrogens with zero attached hydrogens (tertiary/aromatic N) is 1. The minimum atomic E-state index is -0.828. The van der Waals surface area contributed by atoms with Gasteiger partial charge in [-0.05, 0) is 73.9 Å². The zero-order valence-corrected chi connectivity index (χ0v) is 20.9. The lowest BCUT2D eigenvalue weighted by Crippen LogP contribution is -2.41. The number of benzene rings is 1. The molecule has 1 aromatic carbocycles. The number of carboxylic acids is 1. The maximum atomic E-state index is 12.2. The molecule has 1 saturated heterocycles. The van der Waals surface area contributed by atoms with Gasteiger partial charge in [0.25, 0.3) is 0 Å². The van der Waals surface area contributed by atoms with E-state index >= 15 is 0 Å². The van der Waals surface area contributed by atoms with Gasteiger partial charge in [-0.2, -0.15) is 0 Å². The van der Waals surface area contributed by atoms with Gasteiger partial charge < -0.3 is 25.4 Å². The van der Waals surface area contributed by atoms with Crippen molar-refractivity contribution in [3.63, 3.8) is 0 Å². The first kappa shape index (κ1) is 26.0. The van der Waals surface area contributed by atoms with Crippen LogP contribution in [0.1, 0.15) is 58.9 Å². The van der Waals surface area contributed by atoms with Crippen LogP contribution in [0.4, 0.5) is 11.4 Å². The molecule has 0 bridgehead atoms. The zero-order valence-electron chi connectivity index (χ0n) is 20.9. The highest BCUT2D eigenvalue weighted by Crippen LogP contribution is 2.39. The van der Waals surface area contributed by atoms with Gasteiger partial charge >= 0.3 is 5.97 Å². The number of nitrogens with one attached hydrogen (secondary N) is 2. The van der Waals surface area contributed by atoms with Gasteiger partial charge in [0.05, 0.1) is 11.4 Å². The van der Waals surface area contributed by atoms with Crippen LogP contribution in [0, 0.1) is 5.92 Å². The molecule has 2 unspecified atom stereocenters. The fourth-order valence-electron chi connectivity index (χ4n) is 4.67. The lowest BCUT2D eigenvalue weighted by molar-refractivity contribution is -0.139. The Labute approximate surface area is 203 Å². The molecule has 2 atom stereocenters. The predicted octanol–water partition coefficient (Wildman–Crippen LogP) is 4.50. The van der Waals surface area contributed by atoms with Crippen LogP contribution in [0.25, 0.3) is 0 Å². The largest absolute Gasteiger partial charge is 0.480 e. The van der Waals surface area contributed by atoms with E-state index in [-0.39, 0.29) is 11.9 Å². The number of hydrogen-bond acceptors (Lipinski definition) is 6. The number of aliphatic carboxylic acids is 1. The van der Waals surface area contributed by atoms with E-state index in [4.69, 9.17) is 4.74 Å². The number of fused-ring (bicyclic) bond motifs is 1. The molecular weight excluding hydrogens is 430 g/mol. The quantitative estimate of drug-likeness (QED) is 0.325. The van der Waals surface area contributed by atoms with E-state index in [2.05, 4.69) is 39.8 Å². The van der Waals surface area contributed by atoms with Crippen LogP contribution in [0.3, 0.4) is 0 Å². The lowest BCUT2D eigenvalue weighted by atomic mass is 9.98. The predicted molar refractivity (Wildman–Crippen MR) is 136 cm³/mol. The Morgan fingerprint density at radius 2 is 2.03 bits per heavy atom. The summed E-state index contributed by atoms with van der Waals surface area (Å²) < 4.78 is 5.57. The summed E-state index contributed by atoms with van der Waals surface area (Å²) in [6, 6.07) is 5.74. The molecule has 0 radical (unpaired) electrons. The van der Waals surface area contributed by atoms with Crippen molar-refractivity contribution in [3.8, 4) is 0 Å². The third-order valence-corrected chi connectivity index (χ3v) is 6.82. The van der Waals surface area contributed by atoms with E-state index in [0.29, 0.717) is 25.3 Å². The van der Waals surface area contributed by atoms with E-state index in [1.165, 1.54) is 0 Å². The normalized spacial score (nSPS) is 20.1. The summed E-state index contributed by atoms with van der Waals surface area (Å²) in [7, 11) is 0. The molecule has 0 aromatic heterocycles. The van der Waals surface area contributed by atoms with E-state index in [0.717, 1.165) is 60.7 Å². The summed E-state index contributed by atoms with van der Waals surface area (Å²) in [5.74, 6) is -0.124. The number of carbonyl (C=O) groups is 2. The summed E-state index contributed by atoms with van der Waals surface area (Å²) in [6.07, 6.45) is 7.14. The number of carboxylic acid groups (broad SMARTS) is 1. The monoisotopic (exact) mass is 469 g/mol. The molecule has 7 heteroatoms. The second kappa shape index (κ2) is 12.2. The van der Waals surface area contributed by atoms with Crippen molar-refractivity contribution in [1.29, 1.82) is 0 Å². The molecule has 0 saturated carbocycles. The Hall–Kier alpha value is -2.64. The third kappa shape index (κ3) is 6.27. The van der Waals surface area contributed by atoms with Crippen LogP contribution >= 0.6 is 0 Å². The van der Waals surface area contributed by atoms with Crippen LogP contribution in [-0.4, -0.2) is 48.8 Å². The van der Waals surface area contributed by atoms with Gasteiger partial charge in [-0.15, -0.1) is 0 Å². The first-order chi connectivity index (χ1) is 16.4. The second-order valence-electron chi connectivity index (χ2n) is 9.18. The molecule has 3 N–H and O–H groups in total. The summed E-state index contributed by atoms with van der Waals surface area (Å²) in [6.45, 7) is 10.7. The Morgan fingerprint density at radius 1 is 1.29 bits per heavy atom. The lowest BCUT2D eigenvalue weighted by Gasteiger charge is -2.33. The SMILES string of the molecule is C/C=C(\C=C(\C)C(=O)CC)C1Nc2cc(CNC(CC)C(=O)O)ccc2N1CC1CCOCC1. The number of ether oxygens (including phenoxy) is 1. The molecule has 186 valence electrons. The highest BCUT2D eigenvalue weighted by atomic mass is 16.5. The Morgan fingerprint density at radius 3 is 2.65 bits per heavy atom. The molecule has 2 aliphatic heterocycles. The van der Waals surface area contributed by atoms with Crippen LogP contribution in [0.2, 0.25) is 0 Å². The average Bonchev–Trinajstić information content (AvgIpc) is 3.19. The minimum Gasteiger partial charge on any atom is -0.480 e. The van der Waals surface area contributed by atoms with Gasteiger partial charge in [0.1, 0.15) is 12.2 Å². The summed E-state index contributed by atoms with van der Waals surface area (Å²) >= 11 is 0. The molecule has 7 nitrogen and oxygen atoms in total. The molecule has 34 heavy (non-hydrogen) atoms. The van der Waals surface area contributed by atoms with Crippen LogP contribution in [0.5, 0.6) is 0 Å². The van der Waals surface area contributed by atoms with Crippen molar-refractivity contribution in [1.82, 2.24) is 5.32 Å². The number of ketones is 1. The molecule has 0 spiro atoms. The summed E-state index contributed by atoms with van der Waals surface area (Å²) in [4.78, 5) is 26.0. The van der Waals surface area contributed by atoms with Gasteiger partial charge in [0.2, 0.25) is 0 Å². The fraction of sp³-hybridized carbons (Fsp3) is 0.556. The topological polar surface area (TPSA) is 90.9 Å². The first-order valence-corrected chi connectivity index (χ1v) is 12.5. The molecule has 2 heterocycles. The fourth-order valence-corrected chi connectivity index (χ4v) is 4.67. The van der Waals surface area contributed by atoms with Gasteiger partial charge in [-0.1, -0.05) is 26.0 Å². The highest BCUT2D eigenvalue weighted by Gasteiger charge is 2.33. The average molecular weight is 470 g/mol. The smallest absolute Gasteiger partial charge is 0.320 e. The molecule has 3 rings (SSSR count). The van der Waals surface area contributed by atoms with Crippen molar-refractivity contribution in [2.45, 2.75) is 72.1 Å². The van der Waals surface area contributed by atoms with E-state index in [1.807, 2.05) is 33.8 Å². The number of rotatable bonds is 11. The number of carbonyl (C=O) groups excluding carboxylic acids is 1. The van der Waals surface area contributed by atoms with Crippen molar-refractivity contribution in [2.24, 2.45) is 5.92 Å².